The first-order chi connectivity index (χ1) is 17.6. The molecule has 0 unspecified atom stereocenters. The van der Waals surface area contributed by atoms with Gasteiger partial charge in [-0.2, -0.15) is 0 Å². The van der Waals surface area contributed by atoms with Gasteiger partial charge in [0.25, 0.3) is 0 Å². The molecule has 0 aliphatic heterocycles. The van der Waals surface area contributed by atoms with E-state index in [1.165, 1.54) is 12.4 Å². The highest BCUT2D eigenvalue weighted by atomic mass is 16.5. The van der Waals surface area contributed by atoms with Crippen molar-refractivity contribution in [2.24, 2.45) is 0 Å². The summed E-state index contributed by atoms with van der Waals surface area (Å²) in [6, 6.07) is 19.0. The molecule has 11 nitrogen and oxygen atoms in total. The summed E-state index contributed by atoms with van der Waals surface area (Å²) < 4.78 is 11.5. The Hall–Kier alpha value is -5.19. The number of hydrogen-bond acceptors (Lipinski definition) is 9. The van der Waals surface area contributed by atoms with E-state index in [4.69, 9.17) is 9.47 Å². The third-order valence-electron chi connectivity index (χ3n) is 5.38. The monoisotopic (exact) mass is 481 g/mol. The quantitative estimate of drug-likeness (QED) is 0.265. The van der Waals surface area contributed by atoms with E-state index in [9.17, 15) is 10.4 Å². The zero-order valence-electron chi connectivity index (χ0n) is 19.3. The molecule has 0 bridgehead atoms. The number of nitrogens with zero attached hydrogens (tertiary/aromatic N) is 7. The highest BCUT2D eigenvalue weighted by Gasteiger charge is 2.21. The second kappa shape index (κ2) is 9.58. The first kappa shape index (κ1) is 22.6. The predicted molar refractivity (Wildman–Crippen MR) is 128 cm³/mol. The van der Waals surface area contributed by atoms with Crippen LogP contribution in [0.1, 0.15) is 0 Å². The fourth-order valence-corrected chi connectivity index (χ4v) is 3.49. The minimum absolute atomic E-state index is 0.0191. The van der Waals surface area contributed by atoms with Crippen molar-refractivity contribution in [1.82, 2.24) is 25.4 Å². The normalized spacial score (nSPS) is 10.7. The fraction of sp³-hybridized carbons (Fsp3) is 0.0800. The standard InChI is InChI=1S/C25H19N7O4/c1-35-18-10-6-16(7-11-18)22-14-31(33)24(29-27-22)20-4-3-5-21(26-20)25-30-28-23(15-32(25)34)17-8-12-19(36-2)13-9-17/h3-15H,1-2H3. The lowest BCUT2D eigenvalue weighted by Crippen LogP contribution is -2.32. The summed E-state index contributed by atoms with van der Waals surface area (Å²) >= 11 is 0. The van der Waals surface area contributed by atoms with Crippen LogP contribution in [0.3, 0.4) is 0 Å². The number of hydrogen-bond donors (Lipinski definition) is 0. The Morgan fingerprint density at radius 2 is 0.972 bits per heavy atom. The number of ether oxygens (including phenoxy) is 2. The first-order valence-electron chi connectivity index (χ1n) is 10.8. The van der Waals surface area contributed by atoms with Gasteiger partial charge in [-0.25, -0.2) is 14.4 Å². The van der Waals surface area contributed by atoms with Crippen molar-refractivity contribution in [2.75, 3.05) is 14.2 Å². The molecule has 5 rings (SSSR count). The molecule has 0 amide bonds. The topological polar surface area (TPSA) is 137 Å². The summed E-state index contributed by atoms with van der Waals surface area (Å²) in [6.07, 6.45) is 2.63. The average Bonchev–Trinajstić information content (AvgIpc) is 2.93. The molecule has 3 aromatic heterocycles. The van der Waals surface area contributed by atoms with Gasteiger partial charge < -0.3 is 19.9 Å². The maximum atomic E-state index is 12.7. The van der Waals surface area contributed by atoms with Gasteiger partial charge >= 0.3 is 11.6 Å². The Morgan fingerprint density at radius 1 is 0.556 bits per heavy atom. The van der Waals surface area contributed by atoms with E-state index in [0.717, 1.165) is 0 Å². The van der Waals surface area contributed by atoms with Gasteiger partial charge in [-0.05, 0) is 70.9 Å². The minimum Gasteiger partial charge on any atom is -0.710 e. The van der Waals surface area contributed by atoms with Crippen LogP contribution in [-0.2, 0) is 0 Å². The highest BCUT2D eigenvalue weighted by molar-refractivity contribution is 5.60. The number of rotatable bonds is 6. The number of pyridine rings is 1. The van der Waals surface area contributed by atoms with Gasteiger partial charge in [0, 0.05) is 11.1 Å². The Kier molecular flexibility index (Phi) is 6.02. The fourth-order valence-electron chi connectivity index (χ4n) is 3.49. The predicted octanol–water partition coefficient (Wildman–Crippen LogP) is 2.61. The van der Waals surface area contributed by atoms with Crippen LogP contribution in [-0.4, -0.2) is 39.6 Å². The zero-order valence-corrected chi connectivity index (χ0v) is 19.3. The Labute approximate surface area is 205 Å². The lowest BCUT2D eigenvalue weighted by Gasteiger charge is -2.08. The van der Waals surface area contributed by atoms with E-state index < -0.39 is 0 Å². The molecular formula is C25H19N7O4. The summed E-state index contributed by atoms with van der Waals surface area (Å²) in [4.78, 5) is 4.41. The molecule has 0 radical (unpaired) electrons. The molecule has 2 aromatic carbocycles. The molecule has 0 saturated heterocycles. The van der Waals surface area contributed by atoms with E-state index in [1.807, 2.05) is 0 Å². The van der Waals surface area contributed by atoms with E-state index in [2.05, 4.69) is 25.4 Å². The molecule has 0 saturated carbocycles. The third-order valence-corrected chi connectivity index (χ3v) is 5.38. The summed E-state index contributed by atoms with van der Waals surface area (Å²) in [7, 11) is 3.15. The van der Waals surface area contributed by atoms with Crippen molar-refractivity contribution in [1.29, 1.82) is 0 Å². The second-order valence-electron chi connectivity index (χ2n) is 7.59. The van der Waals surface area contributed by atoms with Crippen LogP contribution in [0.2, 0.25) is 0 Å². The van der Waals surface area contributed by atoms with Crippen LogP contribution in [0.5, 0.6) is 11.5 Å². The summed E-state index contributed by atoms with van der Waals surface area (Å²) in [5, 5.41) is 42.0. The Morgan fingerprint density at radius 3 is 1.33 bits per heavy atom. The van der Waals surface area contributed by atoms with Crippen LogP contribution in [0.25, 0.3) is 45.6 Å². The van der Waals surface area contributed by atoms with Crippen LogP contribution in [0.4, 0.5) is 0 Å². The van der Waals surface area contributed by atoms with Crippen molar-refractivity contribution in [3.63, 3.8) is 0 Å². The van der Waals surface area contributed by atoms with Gasteiger partial charge in [-0.3, -0.25) is 0 Å². The lowest BCUT2D eigenvalue weighted by atomic mass is 10.1. The molecule has 0 spiro atoms. The SMILES string of the molecule is COc1ccc(-c2c[n+]([O-])c(-c3cccc(-c4nnc(-c5ccc(OC)cc5)c[n+]4[O-])n3)nn2)cc1. The molecule has 0 aliphatic rings. The zero-order chi connectivity index (χ0) is 25.1. The van der Waals surface area contributed by atoms with Crippen LogP contribution in [0.15, 0.2) is 79.1 Å². The number of aromatic nitrogens is 7. The van der Waals surface area contributed by atoms with Gasteiger partial charge in [0.15, 0.2) is 22.8 Å². The molecule has 0 N–H and O–H groups in total. The molecule has 178 valence electrons. The van der Waals surface area contributed by atoms with Crippen molar-refractivity contribution < 1.29 is 18.9 Å². The molecular weight excluding hydrogens is 462 g/mol. The van der Waals surface area contributed by atoms with Gasteiger partial charge in [-0.15, -0.1) is 0 Å². The lowest BCUT2D eigenvalue weighted by molar-refractivity contribution is -0.597. The van der Waals surface area contributed by atoms with Crippen molar-refractivity contribution in [2.45, 2.75) is 0 Å². The van der Waals surface area contributed by atoms with E-state index >= 15 is 0 Å². The Bertz CT molecular complexity index is 1420. The maximum absolute atomic E-state index is 12.7. The van der Waals surface area contributed by atoms with Gasteiger partial charge in [-0.1, -0.05) is 6.07 Å². The molecule has 11 heteroatoms. The summed E-state index contributed by atoms with van der Waals surface area (Å²) in [5.41, 5.74) is 2.67. The second-order valence-corrected chi connectivity index (χ2v) is 7.59. The third kappa shape index (κ3) is 4.44. The maximum Gasteiger partial charge on any atom is 0.379 e. The molecule has 36 heavy (non-hydrogen) atoms. The molecule has 0 fully saturated rings. The smallest absolute Gasteiger partial charge is 0.379 e. The van der Waals surface area contributed by atoms with Crippen molar-refractivity contribution in [3.8, 4) is 57.1 Å². The van der Waals surface area contributed by atoms with Crippen LogP contribution < -0.4 is 18.9 Å². The van der Waals surface area contributed by atoms with Gasteiger partial charge in [0.1, 0.15) is 23.9 Å². The Balaban J connectivity index is 1.44. The summed E-state index contributed by atoms with van der Waals surface area (Å²) in [5.74, 6) is 1.34. The highest BCUT2D eigenvalue weighted by Crippen LogP contribution is 2.22. The summed E-state index contributed by atoms with van der Waals surface area (Å²) in [6.45, 7) is 0. The number of methoxy groups -OCH3 is 2. The van der Waals surface area contributed by atoms with Crippen LogP contribution in [0, 0.1) is 10.4 Å². The van der Waals surface area contributed by atoms with Gasteiger partial charge in [0.2, 0.25) is 0 Å². The first-order valence-corrected chi connectivity index (χ1v) is 10.8. The van der Waals surface area contributed by atoms with Gasteiger partial charge in [0.05, 0.1) is 24.4 Å². The largest absolute Gasteiger partial charge is 0.710 e. The van der Waals surface area contributed by atoms with Crippen molar-refractivity contribution in [3.05, 3.63) is 89.5 Å². The molecule has 3 heterocycles. The molecule has 5 aromatic rings. The minimum atomic E-state index is -0.0191. The molecule has 0 atom stereocenters. The van der Waals surface area contributed by atoms with E-state index in [0.29, 0.717) is 43.5 Å². The average molecular weight is 481 g/mol. The van der Waals surface area contributed by atoms with Crippen molar-refractivity contribution >= 4 is 0 Å². The van der Waals surface area contributed by atoms with E-state index in [-0.39, 0.29) is 23.0 Å². The number of benzene rings is 2. The van der Waals surface area contributed by atoms with E-state index in [1.54, 1.807) is 80.9 Å². The van der Waals surface area contributed by atoms with Crippen LogP contribution >= 0.6 is 0 Å². The molecule has 0 aliphatic carbocycles.